The summed E-state index contributed by atoms with van der Waals surface area (Å²) in [5, 5.41) is 8.72. The molecule has 1 aromatic heterocycles. The van der Waals surface area contributed by atoms with Crippen LogP contribution in [0.5, 0.6) is 17.4 Å². The maximum atomic E-state index is 13.6. The molecule has 0 bridgehead atoms. The van der Waals surface area contributed by atoms with Crippen molar-refractivity contribution >= 4 is 5.97 Å². The predicted octanol–water partition coefficient (Wildman–Crippen LogP) is 3.88. The Hall–Kier alpha value is -2.84. The number of hydrogen-bond donors (Lipinski definition) is 1. The highest BCUT2D eigenvalue weighted by atomic mass is 19.4. The number of pyridine rings is 1. The molecule has 5 nitrogen and oxygen atoms in total. The minimum atomic E-state index is -4.70. The Balaban J connectivity index is 2.10. The Morgan fingerprint density at radius 2 is 1.79 bits per heavy atom. The van der Waals surface area contributed by atoms with E-state index in [1.807, 2.05) is 0 Å². The van der Waals surface area contributed by atoms with Gasteiger partial charge in [0.2, 0.25) is 0 Å². The molecule has 0 spiro atoms. The number of carboxylic acids is 1. The van der Waals surface area contributed by atoms with E-state index in [0.717, 1.165) is 0 Å². The number of aliphatic carboxylic acids is 1. The Labute approximate surface area is 133 Å². The van der Waals surface area contributed by atoms with Crippen LogP contribution in [-0.4, -0.2) is 22.2 Å². The molecule has 2 rings (SSSR count). The van der Waals surface area contributed by atoms with E-state index in [1.54, 1.807) is 0 Å². The van der Waals surface area contributed by atoms with E-state index in [2.05, 4.69) is 4.98 Å². The third-order valence-electron chi connectivity index (χ3n) is 2.83. The third-order valence-corrected chi connectivity index (χ3v) is 2.83. The topological polar surface area (TPSA) is 68.7 Å². The fourth-order valence-electron chi connectivity index (χ4n) is 1.61. The largest absolute Gasteiger partial charge is 0.479 e. The molecule has 0 unspecified atom stereocenters. The third kappa shape index (κ3) is 4.34. The molecular formula is C15H11F4NO4. The maximum Gasteiger partial charge on any atom is 0.417 e. The second-order valence-corrected chi connectivity index (χ2v) is 4.68. The van der Waals surface area contributed by atoms with Gasteiger partial charge in [-0.1, -0.05) is 0 Å². The molecule has 0 radical (unpaired) electrons. The van der Waals surface area contributed by atoms with Gasteiger partial charge in [-0.3, -0.25) is 0 Å². The standard InChI is InChI=1S/C15H11F4NO4/c1-8(14(21)22)23-10-2-4-11(5-3-10)24-13-12(16)6-9(7-20-13)15(17,18)19/h2-8H,1H3,(H,21,22)/t8-/m0/s1. The summed E-state index contributed by atoms with van der Waals surface area (Å²) in [5.74, 6) is -2.69. The number of carbonyl (C=O) groups is 1. The molecule has 0 saturated heterocycles. The highest BCUT2D eigenvalue weighted by Crippen LogP contribution is 2.32. The molecule has 1 aromatic carbocycles. The van der Waals surface area contributed by atoms with E-state index >= 15 is 0 Å². The SMILES string of the molecule is C[C@H](Oc1ccc(Oc2ncc(C(F)(F)F)cc2F)cc1)C(=O)O. The molecular weight excluding hydrogens is 334 g/mol. The summed E-state index contributed by atoms with van der Waals surface area (Å²) in [6.45, 7) is 1.34. The summed E-state index contributed by atoms with van der Waals surface area (Å²) in [4.78, 5) is 14.0. The molecule has 0 saturated carbocycles. The van der Waals surface area contributed by atoms with Crippen molar-refractivity contribution in [1.29, 1.82) is 0 Å². The second-order valence-electron chi connectivity index (χ2n) is 4.68. The van der Waals surface area contributed by atoms with Gasteiger partial charge in [0.1, 0.15) is 11.5 Å². The van der Waals surface area contributed by atoms with Crippen molar-refractivity contribution in [2.75, 3.05) is 0 Å². The van der Waals surface area contributed by atoms with Crippen LogP contribution in [0.15, 0.2) is 36.5 Å². The highest BCUT2D eigenvalue weighted by Gasteiger charge is 2.32. The summed E-state index contributed by atoms with van der Waals surface area (Å²) in [6, 6.07) is 5.70. The molecule has 9 heteroatoms. The van der Waals surface area contributed by atoms with Crippen molar-refractivity contribution in [2.24, 2.45) is 0 Å². The molecule has 1 atom stereocenters. The highest BCUT2D eigenvalue weighted by molar-refractivity contribution is 5.72. The summed E-state index contributed by atoms with van der Waals surface area (Å²) in [7, 11) is 0. The first-order chi connectivity index (χ1) is 11.2. The monoisotopic (exact) mass is 345 g/mol. The average Bonchev–Trinajstić information content (AvgIpc) is 2.50. The van der Waals surface area contributed by atoms with Gasteiger partial charge in [0.25, 0.3) is 5.88 Å². The normalized spacial score (nSPS) is 12.5. The van der Waals surface area contributed by atoms with Crippen LogP contribution in [0.3, 0.4) is 0 Å². The zero-order chi connectivity index (χ0) is 17.9. The van der Waals surface area contributed by atoms with Gasteiger partial charge in [-0.2, -0.15) is 13.2 Å². The lowest BCUT2D eigenvalue weighted by molar-refractivity contribution is -0.144. The van der Waals surface area contributed by atoms with E-state index in [0.29, 0.717) is 6.20 Å². The fourth-order valence-corrected chi connectivity index (χ4v) is 1.61. The van der Waals surface area contributed by atoms with Crippen LogP contribution in [0, 0.1) is 5.82 Å². The van der Waals surface area contributed by atoms with E-state index in [9.17, 15) is 22.4 Å². The second kappa shape index (κ2) is 6.73. The zero-order valence-electron chi connectivity index (χ0n) is 12.2. The Morgan fingerprint density at radius 1 is 1.21 bits per heavy atom. The lowest BCUT2D eigenvalue weighted by Crippen LogP contribution is -2.22. The van der Waals surface area contributed by atoms with Crippen molar-refractivity contribution in [3.63, 3.8) is 0 Å². The predicted molar refractivity (Wildman–Crippen MR) is 73.4 cm³/mol. The number of benzene rings is 1. The van der Waals surface area contributed by atoms with Crippen LogP contribution in [0.25, 0.3) is 0 Å². The van der Waals surface area contributed by atoms with Crippen LogP contribution in [-0.2, 0) is 11.0 Å². The number of rotatable bonds is 5. The van der Waals surface area contributed by atoms with Crippen molar-refractivity contribution in [1.82, 2.24) is 4.98 Å². The zero-order valence-corrected chi connectivity index (χ0v) is 12.2. The average molecular weight is 345 g/mol. The Kier molecular flexibility index (Phi) is 4.91. The van der Waals surface area contributed by atoms with E-state index in [4.69, 9.17) is 14.6 Å². The van der Waals surface area contributed by atoms with Gasteiger partial charge in [0.05, 0.1) is 5.56 Å². The molecule has 2 aromatic rings. The van der Waals surface area contributed by atoms with Crippen LogP contribution in [0.1, 0.15) is 12.5 Å². The first kappa shape index (κ1) is 17.5. The first-order valence-electron chi connectivity index (χ1n) is 6.57. The summed E-state index contributed by atoms with van der Waals surface area (Å²) in [6.07, 6.45) is -5.30. The van der Waals surface area contributed by atoms with E-state index in [-0.39, 0.29) is 17.6 Å². The quantitative estimate of drug-likeness (QED) is 0.833. The van der Waals surface area contributed by atoms with E-state index in [1.165, 1.54) is 31.2 Å². The molecule has 1 N–H and O–H groups in total. The number of ether oxygens (including phenoxy) is 2. The van der Waals surface area contributed by atoms with Crippen LogP contribution < -0.4 is 9.47 Å². The number of nitrogens with zero attached hydrogens (tertiary/aromatic N) is 1. The molecule has 0 aliphatic carbocycles. The smallest absolute Gasteiger partial charge is 0.417 e. The molecule has 0 fully saturated rings. The lowest BCUT2D eigenvalue weighted by Gasteiger charge is -2.11. The van der Waals surface area contributed by atoms with Gasteiger partial charge in [0.15, 0.2) is 11.9 Å². The maximum absolute atomic E-state index is 13.6. The molecule has 0 aliphatic heterocycles. The number of carboxylic acid groups (broad SMARTS) is 1. The fraction of sp³-hybridized carbons (Fsp3) is 0.200. The van der Waals surface area contributed by atoms with Gasteiger partial charge in [-0.05, 0) is 37.3 Å². The number of alkyl halides is 3. The van der Waals surface area contributed by atoms with E-state index < -0.39 is 35.5 Å². The van der Waals surface area contributed by atoms with Crippen molar-refractivity contribution < 1.29 is 36.9 Å². The number of hydrogen-bond acceptors (Lipinski definition) is 4. The van der Waals surface area contributed by atoms with Crippen LogP contribution >= 0.6 is 0 Å². The van der Waals surface area contributed by atoms with Gasteiger partial charge < -0.3 is 14.6 Å². The number of halogens is 4. The minimum absolute atomic E-state index is 0.0940. The molecule has 128 valence electrons. The van der Waals surface area contributed by atoms with Gasteiger partial charge in [-0.25, -0.2) is 14.2 Å². The van der Waals surface area contributed by atoms with Gasteiger partial charge in [0, 0.05) is 6.20 Å². The minimum Gasteiger partial charge on any atom is -0.479 e. The molecule has 24 heavy (non-hydrogen) atoms. The number of aromatic nitrogens is 1. The lowest BCUT2D eigenvalue weighted by atomic mass is 10.2. The van der Waals surface area contributed by atoms with Gasteiger partial charge >= 0.3 is 12.1 Å². The van der Waals surface area contributed by atoms with Crippen LogP contribution in [0.2, 0.25) is 0 Å². The first-order valence-corrected chi connectivity index (χ1v) is 6.57. The summed E-state index contributed by atoms with van der Waals surface area (Å²) >= 11 is 0. The van der Waals surface area contributed by atoms with Crippen molar-refractivity contribution in [2.45, 2.75) is 19.2 Å². The molecule has 0 amide bonds. The van der Waals surface area contributed by atoms with Crippen molar-refractivity contribution in [3.8, 4) is 17.4 Å². The van der Waals surface area contributed by atoms with Gasteiger partial charge in [-0.15, -0.1) is 0 Å². The Morgan fingerprint density at radius 3 is 2.29 bits per heavy atom. The summed E-state index contributed by atoms with van der Waals surface area (Å²) in [5.41, 5.74) is -1.22. The van der Waals surface area contributed by atoms with Crippen molar-refractivity contribution in [3.05, 3.63) is 47.9 Å². The molecule has 1 heterocycles. The molecule has 0 aliphatic rings. The Bertz CT molecular complexity index is 731. The van der Waals surface area contributed by atoms with Crippen LogP contribution in [0.4, 0.5) is 17.6 Å². The summed E-state index contributed by atoms with van der Waals surface area (Å²) < 4.78 is 61.1.